The second-order valence-corrected chi connectivity index (χ2v) is 3.85. The Bertz CT molecular complexity index is 606. The van der Waals surface area contributed by atoms with E-state index in [-0.39, 0.29) is 11.4 Å². The van der Waals surface area contributed by atoms with E-state index in [2.05, 4.69) is 0 Å². The van der Waals surface area contributed by atoms with E-state index in [1.807, 2.05) is 30.3 Å². The number of carboxylic acids is 1. The van der Waals surface area contributed by atoms with E-state index < -0.39 is 5.97 Å². The molecule has 4 heteroatoms. The summed E-state index contributed by atoms with van der Waals surface area (Å²) in [7, 11) is 0. The number of nitrogens with one attached hydrogen (secondary N) is 1. The number of amidine groups is 1. The number of carbonyl (C=O) groups is 1. The van der Waals surface area contributed by atoms with Crippen molar-refractivity contribution in [1.82, 2.24) is 0 Å². The quantitative estimate of drug-likeness (QED) is 0.568. The van der Waals surface area contributed by atoms with Gasteiger partial charge in [-0.05, 0) is 23.3 Å². The maximum atomic E-state index is 11.2. The molecule has 2 aromatic rings. The van der Waals surface area contributed by atoms with Crippen LogP contribution in [0.3, 0.4) is 0 Å². The Morgan fingerprint density at radius 2 is 1.78 bits per heavy atom. The van der Waals surface area contributed by atoms with Crippen molar-refractivity contribution in [2.24, 2.45) is 5.73 Å². The van der Waals surface area contributed by atoms with Gasteiger partial charge in [-0.2, -0.15) is 0 Å². The number of carboxylic acid groups (broad SMARTS) is 1. The molecule has 0 fully saturated rings. The van der Waals surface area contributed by atoms with Crippen LogP contribution in [-0.4, -0.2) is 16.9 Å². The summed E-state index contributed by atoms with van der Waals surface area (Å²) in [4.78, 5) is 11.2. The fraction of sp³-hybridized carbons (Fsp3) is 0. The first-order chi connectivity index (χ1) is 8.59. The molecule has 0 atom stereocenters. The summed E-state index contributed by atoms with van der Waals surface area (Å²) in [6.45, 7) is 0. The molecule has 2 rings (SSSR count). The van der Waals surface area contributed by atoms with Gasteiger partial charge in [0.1, 0.15) is 5.84 Å². The summed E-state index contributed by atoms with van der Waals surface area (Å²) in [6.07, 6.45) is 0. The van der Waals surface area contributed by atoms with E-state index in [4.69, 9.17) is 11.1 Å². The first-order valence-electron chi connectivity index (χ1n) is 5.37. The summed E-state index contributed by atoms with van der Waals surface area (Å²) in [5, 5.41) is 16.6. The van der Waals surface area contributed by atoms with E-state index >= 15 is 0 Å². The van der Waals surface area contributed by atoms with Gasteiger partial charge in [-0.1, -0.05) is 36.4 Å². The standard InChI is InChI=1S/C14H12N2O2/c15-13(16)10-6-7-11(14(17)18)12(8-10)9-4-2-1-3-5-9/h1-8H,(H3,15,16)(H,17,18). The average molecular weight is 240 g/mol. The van der Waals surface area contributed by atoms with Gasteiger partial charge in [0.25, 0.3) is 0 Å². The van der Waals surface area contributed by atoms with Crippen molar-refractivity contribution in [2.45, 2.75) is 0 Å². The highest BCUT2D eigenvalue weighted by atomic mass is 16.4. The van der Waals surface area contributed by atoms with Crippen molar-refractivity contribution in [3.05, 3.63) is 59.7 Å². The van der Waals surface area contributed by atoms with Crippen molar-refractivity contribution >= 4 is 11.8 Å². The van der Waals surface area contributed by atoms with Crippen LogP contribution in [0, 0.1) is 5.41 Å². The number of rotatable bonds is 3. The predicted octanol–water partition coefficient (Wildman–Crippen LogP) is 2.34. The van der Waals surface area contributed by atoms with E-state index in [0.717, 1.165) is 5.56 Å². The van der Waals surface area contributed by atoms with Gasteiger partial charge in [-0.15, -0.1) is 0 Å². The van der Waals surface area contributed by atoms with E-state index in [1.54, 1.807) is 6.07 Å². The molecule has 0 aliphatic carbocycles. The van der Waals surface area contributed by atoms with Gasteiger partial charge >= 0.3 is 5.97 Å². The maximum Gasteiger partial charge on any atom is 0.336 e. The van der Waals surface area contributed by atoms with Crippen LogP contribution in [0.5, 0.6) is 0 Å². The largest absolute Gasteiger partial charge is 0.478 e. The molecular formula is C14H12N2O2. The van der Waals surface area contributed by atoms with E-state index in [0.29, 0.717) is 11.1 Å². The van der Waals surface area contributed by atoms with Gasteiger partial charge in [-0.3, -0.25) is 5.41 Å². The maximum absolute atomic E-state index is 11.2. The first-order valence-corrected chi connectivity index (χ1v) is 5.37. The zero-order chi connectivity index (χ0) is 13.1. The van der Waals surface area contributed by atoms with Crippen molar-refractivity contribution in [1.29, 1.82) is 5.41 Å². The lowest BCUT2D eigenvalue weighted by Gasteiger charge is -2.08. The summed E-state index contributed by atoms with van der Waals surface area (Å²) in [6, 6.07) is 13.8. The lowest BCUT2D eigenvalue weighted by atomic mass is 9.97. The van der Waals surface area contributed by atoms with Crippen molar-refractivity contribution in [3.63, 3.8) is 0 Å². The summed E-state index contributed by atoms with van der Waals surface area (Å²) < 4.78 is 0. The van der Waals surface area contributed by atoms with E-state index in [1.165, 1.54) is 12.1 Å². The van der Waals surface area contributed by atoms with Crippen LogP contribution >= 0.6 is 0 Å². The number of hydrogen-bond donors (Lipinski definition) is 3. The zero-order valence-electron chi connectivity index (χ0n) is 9.55. The van der Waals surface area contributed by atoms with Gasteiger partial charge in [0.05, 0.1) is 5.56 Å². The minimum Gasteiger partial charge on any atom is -0.478 e. The number of nitrogen functional groups attached to an aromatic ring is 1. The van der Waals surface area contributed by atoms with Gasteiger partial charge < -0.3 is 10.8 Å². The Labute approximate surface area is 104 Å². The van der Waals surface area contributed by atoms with Gasteiger partial charge in [0.2, 0.25) is 0 Å². The molecule has 18 heavy (non-hydrogen) atoms. The Morgan fingerprint density at radius 3 is 2.33 bits per heavy atom. The molecule has 0 saturated carbocycles. The topological polar surface area (TPSA) is 87.2 Å². The third-order valence-electron chi connectivity index (χ3n) is 2.65. The lowest BCUT2D eigenvalue weighted by molar-refractivity contribution is 0.0697. The highest BCUT2D eigenvalue weighted by Gasteiger charge is 2.12. The number of benzene rings is 2. The molecule has 90 valence electrons. The van der Waals surface area contributed by atoms with Crippen molar-refractivity contribution in [2.75, 3.05) is 0 Å². The molecule has 0 aliphatic rings. The molecule has 0 heterocycles. The predicted molar refractivity (Wildman–Crippen MR) is 69.9 cm³/mol. The zero-order valence-corrected chi connectivity index (χ0v) is 9.55. The minimum atomic E-state index is -0.996. The number of nitrogens with two attached hydrogens (primary N) is 1. The smallest absolute Gasteiger partial charge is 0.336 e. The van der Waals surface area contributed by atoms with Crippen molar-refractivity contribution < 1.29 is 9.90 Å². The van der Waals surface area contributed by atoms with Crippen LogP contribution in [0.2, 0.25) is 0 Å². The molecule has 2 aromatic carbocycles. The van der Waals surface area contributed by atoms with Gasteiger partial charge in [0, 0.05) is 5.56 Å². The second kappa shape index (κ2) is 4.71. The molecule has 0 spiro atoms. The molecule has 4 N–H and O–H groups in total. The van der Waals surface area contributed by atoms with Crippen LogP contribution in [0.4, 0.5) is 0 Å². The fourth-order valence-corrected chi connectivity index (χ4v) is 1.75. The molecule has 0 bridgehead atoms. The van der Waals surface area contributed by atoms with Crippen LogP contribution in [0.25, 0.3) is 11.1 Å². The second-order valence-electron chi connectivity index (χ2n) is 3.85. The van der Waals surface area contributed by atoms with Gasteiger partial charge in [0.15, 0.2) is 0 Å². The van der Waals surface area contributed by atoms with Crippen LogP contribution in [0.15, 0.2) is 48.5 Å². The lowest BCUT2D eigenvalue weighted by Crippen LogP contribution is -2.12. The number of aromatic carboxylic acids is 1. The Morgan fingerprint density at radius 1 is 1.11 bits per heavy atom. The molecule has 0 saturated heterocycles. The van der Waals surface area contributed by atoms with Crippen LogP contribution in [-0.2, 0) is 0 Å². The van der Waals surface area contributed by atoms with Crippen LogP contribution < -0.4 is 5.73 Å². The van der Waals surface area contributed by atoms with Gasteiger partial charge in [-0.25, -0.2) is 4.79 Å². The Kier molecular flexibility index (Phi) is 3.10. The van der Waals surface area contributed by atoms with Crippen LogP contribution in [0.1, 0.15) is 15.9 Å². The highest BCUT2D eigenvalue weighted by Crippen LogP contribution is 2.25. The number of hydrogen-bond acceptors (Lipinski definition) is 2. The summed E-state index contributed by atoms with van der Waals surface area (Å²) in [5.74, 6) is -1.08. The molecule has 0 aromatic heterocycles. The molecule has 4 nitrogen and oxygen atoms in total. The average Bonchev–Trinajstić information content (AvgIpc) is 2.39. The minimum absolute atomic E-state index is 0.0795. The van der Waals surface area contributed by atoms with Crippen molar-refractivity contribution in [3.8, 4) is 11.1 Å². The summed E-state index contributed by atoms with van der Waals surface area (Å²) >= 11 is 0. The normalized spacial score (nSPS) is 10.0. The summed E-state index contributed by atoms with van der Waals surface area (Å²) in [5.41, 5.74) is 7.49. The molecule has 0 radical (unpaired) electrons. The SMILES string of the molecule is N=C(N)c1ccc(C(=O)O)c(-c2ccccc2)c1. The van der Waals surface area contributed by atoms with E-state index in [9.17, 15) is 9.90 Å². The highest BCUT2D eigenvalue weighted by molar-refractivity contribution is 6.01. The monoisotopic (exact) mass is 240 g/mol. The fourth-order valence-electron chi connectivity index (χ4n) is 1.75. The molecule has 0 amide bonds. The molecule has 0 unspecified atom stereocenters. The third kappa shape index (κ3) is 2.22. The first kappa shape index (κ1) is 11.9. The molecule has 0 aliphatic heterocycles. The Hall–Kier alpha value is -2.62. The third-order valence-corrected chi connectivity index (χ3v) is 2.65. The molecular weight excluding hydrogens is 228 g/mol. The Balaban J connectivity index is 2.65.